The molecule has 9 heteroatoms. The Morgan fingerprint density at radius 1 is 1.11 bits per heavy atom. The number of benzene rings is 2. The van der Waals surface area contributed by atoms with E-state index >= 15 is 0 Å². The lowest BCUT2D eigenvalue weighted by Crippen LogP contribution is -2.34. The molecule has 0 bridgehead atoms. The summed E-state index contributed by atoms with van der Waals surface area (Å²) in [6.45, 7) is -0.681. The maximum absolute atomic E-state index is 12.3. The molecule has 0 aliphatic carbocycles. The number of oxazole rings is 1. The minimum atomic E-state index is -1.26. The number of carbonyl (C=O) groups excluding carboxylic acids is 2. The summed E-state index contributed by atoms with van der Waals surface area (Å²) in [6.07, 6.45) is 0. The molecule has 142 valence electrons. The predicted molar refractivity (Wildman–Crippen MR) is 97.9 cm³/mol. The van der Waals surface area contributed by atoms with E-state index in [0.29, 0.717) is 33.5 Å². The lowest BCUT2D eigenvalue weighted by atomic mass is 10.1. The second-order valence-corrected chi connectivity index (χ2v) is 6.42. The normalized spacial score (nSPS) is 13.1. The fourth-order valence-corrected chi connectivity index (χ4v) is 2.90. The van der Waals surface area contributed by atoms with Gasteiger partial charge in [0.1, 0.15) is 23.6 Å². The number of amides is 2. The Balaban J connectivity index is 1.61. The topological polar surface area (TPSA) is 113 Å². The molecule has 4 rings (SSSR count). The second-order valence-electron chi connectivity index (χ2n) is 6.42. The molecule has 9 nitrogen and oxygen atoms in total. The Kier molecular flexibility index (Phi) is 3.99. The average molecular weight is 381 g/mol. The van der Waals surface area contributed by atoms with E-state index in [-0.39, 0.29) is 11.1 Å². The first-order valence-corrected chi connectivity index (χ1v) is 8.31. The highest BCUT2D eigenvalue weighted by molar-refractivity contribution is 6.22. The van der Waals surface area contributed by atoms with Gasteiger partial charge in [-0.15, -0.1) is 0 Å². The highest BCUT2D eigenvalue weighted by Gasteiger charge is 2.37. The van der Waals surface area contributed by atoms with Crippen molar-refractivity contribution in [1.29, 1.82) is 0 Å². The first-order valence-electron chi connectivity index (χ1n) is 8.31. The maximum atomic E-state index is 12.3. The average Bonchev–Trinajstić information content (AvgIpc) is 3.17. The number of ether oxygens (including phenoxy) is 1. The van der Waals surface area contributed by atoms with E-state index < -0.39 is 24.3 Å². The molecule has 0 radical (unpaired) electrons. The summed E-state index contributed by atoms with van der Waals surface area (Å²) in [5, 5.41) is 8.87. The van der Waals surface area contributed by atoms with Crippen molar-refractivity contribution in [2.45, 2.75) is 0 Å². The monoisotopic (exact) mass is 381 g/mol. The molecule has 1 aliphatic rings. The number of aromatic nitrogens is 1. The van der Waals surface area contributed by atoms with Crippen LogP contribution in [0.2, 0.25) is 0 Å². The second kappa shape index (κ2) is 6.38. The molecule has 0 saturated carbocycles. The van der Waals surface area contributed by atoms with Crippen LogP contribution in [0.15, 0.2) is 40.8 Å². The zero-order valence-corrected chi connectivity index (χ0v) is 15.0. The van der Waals surface area contributed by atoms with Crippen LogP contribution >= 0.6 is 0 Å². The van der Waals surface area contributed by atoms with E-state index in [1.807, 2.05) is 14.1 Å². The van der Waals surface area contributed by atoms with Crippen LogP contribution in [0.1, 0.15) is 20.7 Å². The van der Waals surface area contributed by atoms with Crippen molar-refractivity contribution in [2.24, 2.45) is 0 Å². The van der Waals surface area contributed by atoms with Crippen molar-refractivity contribution in [3.63, 3.8) is 0 Å². The lowest BCUT2D eigenvalue weighted by Gasteiger charge is -2.09. The molecule has 1 aliphatic heterocycles. The number of hydrogen-bond donors (Lipinski definition) is 1. The number of anilines is 1. The molecular formula is C19H15N3O6. The quantitative estimate of drug-likeness (QED) is 0.670. The van der Waals surface area contributed by atoms with Gasteiger partial charge in [0.15, 0.2) is 5.58 Å². The number of imide groups is 1. The van der Waals surface area contributed by atoms with Gasteiger partial charge in [0.2, 0.25) is 0 Å². The molecule has 0 atom stereocenters. The van der Waals surface area contributed by atoms with Crippen LogP contribution in [0, 0.1) is 0 Å². The lowest BCUT2D eigenvalue weighted by molar-refractivity contribution is -0.137. The molecule has 0 spiro atoms. The van der Waals surface area contributed by atoms with E-state index in [1.54, 1.807) is 29.2 Å². The first-order chi connectivity index (χ1) is 13.3. The minimum Gasteiger partial charge on any atom is -0.480 e. The minimum absolute atomic E-state index is 0.112. The molecule has 28 heavy (non-hydrogen) atoms. The van der Waals surface area contributed by atoms with Crippen LogP contribution in [0.3, 0.4) is 0 Å². The van der Waals surface area contributed by atoms with Gasteiger partial charge in [0, 0.05) is 20.2 Å². The van der Waals surface area contributed by atoms with Gasteiger partial charge in [-0.3, -0.25) is 19.3 Å². The van der Waals surface area contributed by atoms with Gasteiger partial charge in [-0.05, 0) is 30.3 Å². The summed E-state index contributed by atoms with van der Waals surface area (Å²) in [7, 11) is 3.64. The zero-order valence-electron chi connectivity index (χ0n) is 15.0. The number of aliphatic carboxylic acids is 1. The van der Waals surface area contributed by atoms with Gasteiger partial charge < -0.3 is 19.2 Å². The number of carbonyl (C=O) groups is 3. The fraction of sp³-hybridized carbons (Fsp3) is 0.158. The summed E-state index contributed by atoms with van der Waals surface area (Å²) in [6, 6.07) is 10.0. The maximum Gasteiger partial charge on any atom is 0.323 e. The van der Waals surface area contributed by atoms with Crippen LogP contribution in [-0.4, -0.2) is 53.4 Å². The molecule has 1 N–H and O–H groups in total. The van der Waals surface area contributed by atoms with Crippen molar-refractivity contribution in [3.8, 4) is 11.5 Å². The van der Waals surface area contributed by atoms with Gasteiger partial charge in [0.25, 0.3) is 17.8 Å². The number of hydrogen-bond acceptors (Lipinski definition) is 7. The van der Waals surface area contributed by atoms with E-state index in [9.17, 15) is 14.4 Å². The van der Waals surface area contributed by atoms with Crippen LogP contribution < -0.4 is 9.64 Å². The standard InChI is InChI=1S/C19H15N3O6/c1-21(2)19-20-14-8-11(4-6-15(14)28-19)27-10-3-5-12-13(7-10)18(26)22(17(12)25)9-16(23)24/h3-8H,9H2,1-2H3,(H,23,24). The van der Waals surface area contributed by atoms with E-state index in [1.165, 1.54) is 12.1 Å². The van der Waals surface area contributed by atoms with Gasteiger partial charge in [-0.1, -0.05) is 0 Å². The highest BCUT2D eigenvalue weighted by Crippen LogP contribution is 2.31. The van der Waals surface area contributed by atoms with Crippen molar-refractivity contribution in [2.75, 3.05) is 25.5 Å². The third kappa shape index (κ3) is 2.92. The Hall–Kier alpha value is -3.88. The number of rotatable bonds is 5. The molecular weight excluding hydrogens is 366 g/mol. The summed E-state index contributed by atoms with van der Waals surface area (Å²) in [5.41, 5.74) is 1.48. The van der Waals surface area contributed by atoms with E-state index in [2.05, 4.69) is 4.98 Å². The molecule has 0 saturated heterocycles. The number of carboxylic acids is 1. The summed E-state index contributed by atoms with van der Waals surface area (Å²) in [5.74, 6) is -1.73. The van der Waals surface area contributed by atoms with Gasteiger partial charge in [-0.2, -0.15) is 4.98 Å². The molecule has 2 amide bonds. The third-order valence-electron chi connectivity index (χ3n) is 4.20. The molecule has 1 aromatic heterocycles. The summed E-state index contributed by atoms with van der Waals surface area (Å²) >= 11 is 0. The molecule has 2 heterocycles. The van der Waals surface area contributed by atoms with Crippen molar-refractivity contribution in [3.05, 3.63) is 47.5 Å². The third-order valence-corrected chi connectivity index (χ3v) is 4.20. The molecule has 0 fully saturated rings. The van der Waals surface area contributed by atoms with Crippen LogP contribution in [-0.2, 0) is 4.79 Å². The largest absolute Gasteiger partial charge is 0.480 e. The Bertz CT molecular complexity index is 1130. The zero-order chi connectivity index (χ0) is 20.0. The van der Waals surface area contributed by atoms with Crippen LogP contribution in [0.5, 0.6) is 11.5 Å². The highest BCUT2D eigenvalue weighted by atomic mass is 16.5. The SMILES string of the molecule is CN(C)c1nc2cc(Oc3ccc4c(c3)C(=O)N(CC(=O)O)C4=O)ccc2o1. The van der Waals surface area contributed by atoms with Crippen LogP contribution in [0.25, 0.3) is 11.1 Å². The van der Waals surface area contributed by atoms with Gasteiger partial charge in [-0.25, -0.2) is 0 Å². The van der Waals surface area contributed by atoms with Crippen LogP contribution in [0.4, 0.5) is 6.01 Å². The van der Waals surface area contributed by atoms with Crippen molar-refractivity contribution < 1.29 is 28.6 Å². The fourth-order valence-electron chi connectivity index (χ4n) is 2.90. The number of fused-ring (bicyclic) bond motifs is 2. The van der Waals surface area contributed by atoms with E-state index in [0.717, 1.165) is 0 Å². The summed E-state index contributed by atoms with van der Waals surface area (Å²) in [4.78, 5) is 42.2. The van der Waals surface area contributed by atoms with Crippen molar-refractivity contribution >= 4 is 34.9 Å². The Morgan fingerprint density at radius 2 is 1.79 bits per heavy atom. The Labute approximate surface area is 158 Å². The Morgan fingerprint density at radius 3 is 2.50 bits per heavy atom. The molecule has 3 aromatic rings. The molecule has 0 unspecified atom stereocenters. The molecule has 2 aromatic carbocycles. The number of carboxylic acid groups (broad SMARTS) is 1. The van der Waals surface area contributed by atoms with Crippen molar-refractivity contribution in [1.82, 2.24) is 9.88 Å². The first kappa shape index (κ1) is 17.5. The summed E-state index contributed by atoms with van der Waals surface area (Å²) < 4.78 is 11.4. The van der Waals surface area contributed by atoms with Gasteiger partial charge >= 0.3 is 5.97 Å². The van der Waals surface area contributed by atoms with E-state index in [4.69, 9.17) is 14.3 Å². The number of nitrogens with zero attached hydrogens (tertiary/aromatic N) is 3. The predicted octanol–water partition coefficient (Wildman–Crippen LogP) is 2.37. The smallest absolute Gasteiger partial charge is 0.323 e. The van der Waals surface area contributed by atoms with Gasteiger partial charge in [0.05, 0.1) is 11.1 Å².